The van der Waals surface area contributed by atoms with Crippen LogP contribution in [0.2, 0.25) is 0 Å². The summed E-state index contributed by atoms with van der Waals surface area (Å²) in [5, 5.41) is 11.1. The summed E-state index contributed by atoms with van der Waals surface area (Å²) in [6, 6.07) is 20.6. The number of nitrogens with zero attached hydrogens (tertiary/aromatic N) is 3. The summed E-state index contributed by atoms with van der Waals surface area (Å²) in [5.74, 6) is 0.849. The van der Waals surface area contributed by atoms with E-state index in [-0.39, 0.29) is 0 Å². The molecule has 1 aromatic heterocycles. The molecule has 0 aliphatic heterocycles. The first-order valence-electron chi connectivity index (χ1n) is 11.0. The minimum Gasteiger partial charge on any atom is -0.377 e. The van der Waals surface area contributed by atoms with E-state index in [0.29, 0.717) is 13.2 Å². The zero-order valence-corrected chi connectivity index (χ0v) is 18.3. The molecular weight excluding hydrogens is 386 g/mol. The lowest BCUT2D eigenvalue weighted by molar-refractivity contribution is 0.117. The van der Waals surface area contributed by atoms with Gasteiger partial charge in [0.25, 0.3) is 0 Å². The van der Waals surface area contributed by atoms with E-state index < -0.39 is 0 Å². The first-order chi connectivity index (χ1) is 15.3. The minimum atomic E-state index is 0.632. The van der Waals surface area contributed by atoms with Crippen LogP contribution in [0.15, 0.2) is 78.0 Å². The number of nitrogens with one attached hydrogen (secondary N) is 2. The number of aliphatic imine (C=N–C) groups is 1. The van der Waals surface area contributed by atoms with Crippen molar-refractivity contribution in [1.29, 1.82) is 0 Å². The van der Waals surface area contributed by atoms with Gasteiger partial charge < -0.3 is 15.4 Å². The van der Waals surface area contributed by atoms with E-state index in [1.807, 2.05) is 35.1 Å². The smallest absolute Gasteiger partial charge is 0.191 e. The largest absolute Gasteiger partial charge is 0.377 e. The van der Waals surface area contributed by atoms with Crippen LogP contribution in [0.4, 0.5) is 0 Å². The number of hydrogen-bond donors (Lipinski definition) is 2. The Bertz CT molecular complexity index is 893. The Hall–Kier alpha value is -3.12. The predicted molar refractivity (Wildman–Crippen MR) is 126 cm³/mol. The van der Waals surface area contributed by atoms with Crippen LogP contribution in [-0.4, -0.2) is 35.4 Å². The average molecular weight is 420 g/mol. The molecule has 0 atom stereocenters. The number of guanidine groups is 1. The van der Waals surface area contributed by atoms with E-state index in [1.165, 1.54) is 16.7 Å². The van der Waals surface area contributed by atoms with Crippen molar-refractivity contribution in [3.8, 4) is 0 Å². The summed E-state index contributed by atoms with van der Waals surface area (Å²) < 4.78 is 7.69. The lowest BCUT2D eigenvalue weighted by Crippen LogP contribution is -2.37. The van der Waals surface area contributed by atoms with Crippen molar-refractivity contribution in [3.05, 3.63) is 89.7 Å². The number of unbranched alkanes of at least 4 members (excludes halogenated alkanes) is 1. The van der Waals surface area contributed by atoms with Gasteiger partial charge in [0, 0.05) is 32.1 Å². The van der Waals surface area contributed by atoms with Gasteiger partial charge in [-0.15, -0.1) is 0 Å². The number of hydrogen-bond acceptors (Lipinski definition) is 3. The van der Waals surface area contributed by atoms with E-state index >= 15 is 0 Å². The summed E-state index contributed by atoms with van der Waals surface area (Å²) in [4.78, 5) is 4.78. The fourth-order valence-corrected chi connectivity index (χ4v) is 3.24. The Morgan fingerprint density at radius 2 is 1.77 bits per heavy atom. The molecule has 6 heteroatoms. The molecule has 0 unspecified atom stereocenters. The minimum absolute atomic E-state index is 0.632. The highest BCUT2D eigenvalue weighted by molar-refractivity contribution is 5.79. The number of ether oxygens (including phenoxy) is 1. The van der Waals surface area contributed by atoms with Gasteiger partial charge in [0.1, 0.15) is 0 Å². The van der Waals surface area contributed by atoms with E-state index in [2.05, 4.69) is 59.1 Å². The maximum Gasteiger partial charge on any atom is 0.191 e. The van der Waals surface area contributed by atoms with Gasteiger partial charge in [0.15, 0.2) is 5.96 Å². The first-order valence-corrected chi connectivity index (χ1v) is 11.0. The zero-order valence-electron chi connectivity index (χ0n) is 18.3. The standard InChI is InChI=1S/C25H33N5O/c1-2-26-25(27-15-8-9-18-31-21-22-11-4-3-5-12-22)28-19-23-13-6-7-14-24(23)20-30-17-10-16-29-30/h3-7,10-14,16-17H,2,8-9,15,18-21H2,1H3,(H2,26,27,28). The summed E-state index contributed by atoms with van der Waals surface area (Å²) in [5.41, 5.74) is 3.67. The molecule has 1 heterocycles. The topological polar surface area (TPSA) is 63.5 Å². The second-order valence-corrected chi connectivity index (χ2v) is 7.34. The van der Waals surface area contributed by atoms with Crippen molar-refractivity contribution in [2.24, 2.45) is 4.99 Å². The van der Waals surface area contributed by atoms with Gasteiger partial charge in [0.05, 0.1) is 19.7 Å². The highest BCUT2D eigenvalue weighted by atomic mass is 16.5. The van der Waals surface area contributed by atoms with Crippen molar-refractivity contribution in [2.75, 3.05) is 19.7 Å². The summed E-state index contributed by atoms with van der Waals surface area (Å²) >= 11 is 0. The monoisotopic (exact) mass is 419 g/mol. The lowest BCUT2D eigenvalue weighted by Gasteiger charge is -2.13. The molecule has 3 aromatic rings. The second kappa shape index (κ2) is 13.2. The summed E-state index contributed by atoms with van der Waals surface area (Å²) in [6.07, 6.45) is 5.84. The van der Waals surface area contributed by atoms with Crippen molar-refractivity contribution in [2.45, 2.75) is 39.5 Å². The molecule has 0 fully saturated rings. The molecule has 0 amide bonds. The van der Waals surface area contributed by atoms with Crippen LogP contribution in [0.25, 0.3) is 0 Å². The molecule has 2 aromatic carbocycles. The molecule has 164 valence electrons. The summed E-state index contributed by atoms with van der Waals surface area (Å²) in [7, 11) is 0. The Morgan fingerprint density at radius 1 is 0.968 bits per heavy atom. The van der Waals surface area contributed by atoms with Crippen LogP contribution in [0, 0.1) is 0 Å². The van der Waals surface area contributed by atoms with Crippen molar-refractivity contribution >= 4 is 5.96 Å². The molecule has 0 spiro atoms. The molecule has 0 aliphatic carbocycles. The van der Waals surface area contributed by atoms with Crippen LogP contribution in [-0.2, 0) is 24.4 Å². The Morgan fingerprint density at radius 3 is 2.55 bits per heavy atom. The number of benzene rings is 2. The van der Waals surface area contributed by atoms with Gasteiger partial charge in [-0.1, -0.05) is 54.6 Å². The molecule has 0 saturated heterocycles. The van der Waals surface area contributed by atoms with Crippen LogP contribution in [0.5, 0.6) is 0 Å². The third-order valence-electron chi connectivity index (χ3n) is 4.88. The van der Waals surface area contributed by atoms with Gasteiger partial charge in [-0.3, -0.25) is 4.68 Å². The molecule has 0 radical (unpaired) electrons. The average Bonchev–Trinajstić information content (AvgIpc) is 3.31. The van der Waals surface area contributed by atoms with Crippen molar-refractivity contribution < 1.29 is 4.74 Å². The highest BCUT2D eigenvalue weighted by Gasteiger charge is 2.04. The molecule has 3 rings (SSSR count). The quantitative estimate of drug-likeness (QED) is 0.265. The van der Waals surface area contributed by atoms with Gasteiger partial charge in [-0.25, -0.2) is 4.99 Å². The Balaban J connectivity index is 1.41. The van der Waals surface area contributed by atoms with Gasteiger partial charge in [-0.2, -0.15) is 5.10 Å². The predicted octanol–water partition coefficient (Wildman–Crippen LogP) is 3.98. The zero-order chi connectivity index (χ0) is 21.6. The second-order valence-electron chi connectivity index (χ2n) is 7.34. The highest BCUT2D eigenvalue weighted by Crippen LogP contribution is 2.11. The van der Waals surface area contributed by atoms with E-state index in [0.717, 1.165) is 45.0 Å². The van der Waals surface area contributed by atoms with Gasteiger partial charge in [0.2, 0.25) is 0 Å². The lowest BCUT2D eigenvalue weighted by atomic mass is 10.1. The van der Waals surface area contributed by atoms with E-state index in [1.54, 1.807) is 6.20 Å². The van der Waals surface area contributed by atoms with Crippen molar-refractivity contribution in [3.63, 3.8) is 0 Å². The van der Waals surface area contributed by atoms with Gasteiger partial charge >= 0.3 is 0 Å². The molecule has 0 aliphatic rings. The third kappa shape index (κ3) is 8.26. The maximum absolute atomic E-state index is 5.75. The van der Waals surface area contributed by atoms with Crippen LogP contribution in [0.1, 0.15) is 36.5 Å². The van der Waals surface area contributed by atoms with Crippen LogP contribution < -0.4 is 10.6 Å². The number of rotatable bonds is 12. The molecule has 6 nitrogen and oxygen atoms in total. The fourth-order valence-electron chi connectivity index (χ4n) is 3.24. The first kappa shape index (κ1) is 22.6. The molecular formula is C25H33N5O. The molecule has 0 bridgehead atoms. The third-order valence-corrected chi connectivity index (χ3v) is 4.88. The van der Waals surface area contributed by atoms with Gasteiger partial charge in [-0.05, 0) is 42.5 Å². The molecule has 31 heavy (non-hydrogen) atoms. The SMILES string of the molecule is CCNC(=NCc1ccccc1Cn1cccn1)NCCCCOCc1ccccc1. The van der Waals surface area contributed by atoms with Crippen LogP contribution >= 0.6 is 0 Å². The summed E-state index contributed by atoms with van der Waals surface area (Å²) in [6.45, 7) is 6.62. The molecule has 0 saturated carbocycles. The van der Waals surface area contributed by atoms with Crippen molar-refractivity contribution in [1.82, 2.24) is 20.4 Å². The Labute approximate surface area is 185 Å². The molecule has 2 N–H and O–H groups in total. The fraction of sp³-hybridized carbons (Fsp3) is 0.360. The maximum atomic E-state index is 5.75. The normalized spacial score (nSPS) is 11.5. The number of aromatic nitrogens is 2. The van der Waals surface area contributed by atoms with E-state index in [4.69, 9.17) is 9.73 Å². The Kier molecular flexibility index (Phi) is 9.63. The van der Waals surface area contributed by atoms with E-state index in [9.17, 15) is 0 Å². The van der Waals surface area contributed by atoms with Crippen LogP contribution in [0.3, 0.4) is 0 Å².